The highest BCUT2D eigenvalue weighted by Gasteiger charge is 2.09. The number of amides is 1. The first-order chi connectivity index (χ1) is 9.88. The molecule has 0 aromatic heterocycles. The molecule has 3 nitrogen and oxygen atoms in total. The average molecular weight is 415 g/mol. The summed E-state index contributed by atoms with van der Waals surface area (Å²) >= 11 is 8.19. The lowest BCUT2D eigenvalue weighted by molar-refractivity contribution is 0.102. The minimum Gasteiger partial charge on any atom is -0.377 e. The molecule has 0 aliphatic carbocycles. The average Bonchev–Trinajstić information content (AvgIpc) is 2.43. The fraction of sp³-hybridized carbons (Fsp3) is 0.188. The van der Waals surface area contributed by atoms with Crippen LogP contribution >= 0.6 is 34.2 Å². The summed E-state index contributed by atoms with van der Waals surface area (Å²) in [5.74, 6) is -0.165. The molecular weight excluding hydrogens is 399 g/mol. The Kier molecular flexibility index (Phi) is 5.11. The van der Waals surface area contributed by atoms with Gasteiger partial charge in [-0.25, -0.2) is 0 Å². The standard InChI is InChI=1S/C16H16ClIN2O/c1-10-4-6-12(9-15(10)20(2)3)19-16(21)11-5-7-14(18)13(17)8-11/h4-9H,1-3H3,(H,19,21). The van der Waals surface area contributed by atoms with Crippen molar-refractivity contribution in [1.29, 1.82) is 0 Å². The van der Waals surface area contributed by atoms with Gasteiger partial charge in [0, 0.05) is 34.6 Å². The third kappa shape index (κ3) is 3.89. The van der Waals surface area contributed by atoms with Crippen molar-refractivity contribution >= 4 is 51.5 Å². The van der Waals surface area contributed by atoms with E-state index in [4.69, 9.17) is 11.6 Å². The van der Waals surface area contributed by atoms with Crippen LogP contribution in [0.3, 0.4) is 0 Å². The Labute approximate surface area is 143 Å². The van der Waals surface area contributed by atoms with Crippen LogP contribution in [0.1, 0.15) is 15.9 Å². The zero-order valence-electron chi connectivity index (χ0n) is 12.1. The fourth-order valence-electron chi connectivity index (χ4n) is 2.01. The Morgan fingerprint density at radius 2 is 1.90 bits per heavy atom. The summed E-state index contributed by atoms with van der Waals surface area (Å²) in [6.45, 7) is 2.04. The maximum Gasteiger partial charge on any atom is 0.255 e. The zero-order valence-corrected chi connectivity index (χ0v) is 15.0. The van der Waals surface area contributed by atoms with Gasteiger partial charge in [0.1, 0.15) is 0 Å². The van der Waals surface area contributed by atoms with E-state index in [9.17, 15) is 4.79 Å². The largest absolute Gasteiger partial charge is 0.377 e. The summed E-state index contributed by atoms with van der Waals surface area (Å²) in [6.07, 6.45) is 0. The Morgan fingerprint density at radius 3 is 2.52 bits per heavy atom. The minimum atomic E-state index is -0.165. The molecule has 0 spiro atoms. The number of carbonyl (C=O) groups excluding carboxylic acids is 1. The monoisotopic (exact) mass is 414 g/mol. The van der Waals surface area contributed by atoms with E-state index < -0.39 is 0 Å². The minimum absolute atomic E-state index is 0.165. The van der Waals surface area contributed by atoms with Gasteiger partial charge in [-0.2, -0.15) is 0 Å². The number of benzene rings is 2. The van der Waals surface area contributed by atoms with Gasteiger partial charge in [0.25, 0.3) is 5.91 Å². The molecule has 0 saturated carbocycles. The summed E-state index contributed by atoms with van der Waals surface area (Å²) < 4.78 is 0.927. The molecular formula is C16H16ClIN2O. The lowest BCUT2D eigenvalue weighted by Crippen LogP contribution is -2.14. The highest BCUT2D eigenvalue weighted by Crippen LogP contribution is 2.24. The number of rotatable bonds is 3. The normalized spacial score (nSPS) is 10.3. The zero-order chi connectivity index (χ0) is 15.6. The van der Waals surface area contributed by atoms with Crippen LogP contribution in [-0.4, -0.2) is 20.0 Å². The van der Waals surface area contributed by atoms with Gasteiger partial charge in [-0.15, -0.1) is 0 Å². The van der Waals surface area contributed by atoms with Crippen molar-refractivity contribution in [2.24, 2.45) is 0 Å². The molecule has 5 heteroatoms. The number of halogens is 2. The molecule has 0 fully saturated rings. The molecule has 2 aromatic carbocycles. The van der Waals surface area contributed by atoms with Gasteiger partial charge in [-0.3, -0.25) is 4.79 Å². The first kappa shape index (κ1) is 16.1. The van der Waals surface area contributed by atoms with Crippen molar-refractivity contribution in [3.05, 3.63) is 56.1 Å². The molecule has 0 radical (unpaired) electrons. The van der Waals surface area contributed by atoms with E-state index in [-0.39, 0.29) is 5.91 Å². The van der Waals surface area contributed by atoms with Crippen molar-refractivity contribution < 1.29 is 4.79 Å². The van der Waals surface area contributed by atoms with E-state index in [2.05, 4.69) is 27.9 Å². The highest BCUT2D eigenvalue weighted by molar-refractivity contribution is 14.1. The molecule has 0 heterocycles. The Hall–Kier alpha value is -1.27. The topological polar surface area (TPSA) is 32.3 Å². The third-order valence-electron chi connectivity index (χ3n) is 3.13. The van der Waals surface area contributed by atoms with Crippen LogP contribution in [0.5, 0.6) is 0 Å². The third-order valence-corrected chi connectivity index (χ3v) is 4.70. The maximum atomic E-state index is 12.3. The van der Waals surface area contributed by atoms with E-state index in [0.717, 1.165) is 20.5 Å². The Balaban J connectivity index is 2.23. The second kappa shape index (κ2) is 6.66. The van der Waals surface area contributed by atoms with E-state index >= 15 is 0 Å². The maximum absolute atomic E-state index is 12.3. The lowest BCUT2D eigenvalue weighted by Gasteiger charge is -2.17. The fourth-order valence-corrected chi connectivity index (χ4v) is 2.53. The van der Waals surface area contributed by atoms with Crippen molar-refractivity contribution in [2.75, 3.05) is 24.3 Å². The molecule has 0 aliphatic rings. The number of hydrogen-bond donors (Lipinski definition) is 1. The van der Waals surface area contributed by atoms with E-state index in [1.165, 1.54) is 0 Å². The smallest absolute Gasteiger partial charge is 0.255 e. The number of hydrogen-bond acceptors (Lipinski definition) is 2. The first-order valence-corrected chi connectivity index (χ1v) is 7.88. The summed E-state index contributed by atoms with van der Waals surface area (Å²) in [5.41, 5.74) is 3.56. The molecule has 110 valence electrons. The molecule has 2 aromatic rings. The molecule has 0 bridgehead atoms. The summed E-state index contributed by atoms with van der Waals surface area (Å²) in [7, 11) is 3.96. The Bertz CT molecular complexity index is 686. The molecule has 0 unspecified atom stereocenters. The summed E-state index contributed by atoms with van der Waals surface area (Å²) in [6, 6.07) is 11.1. The SMILES string of the molecule is Cc1ccc(NC(=O)c2ccc(I)c(Cl)c2)cc1N(C)C. The van der Waals surface area contributed by atoms with Crippen LogP contribution in [0.2, 0.25) is 5.02 Å². The van der Waals surface area contributed by atoms with Crippen LogP contribution in [0.15, 0.2) is 36.4 Å². The van der Waals surface area contributed by atoms with Gasteiger partial charge in [-0.1, -0.05) is 17.7 Å². The van der Waals surface area contributed by atoms with Crippen molar-refractivity contribution in [3.8, 4) is 0 Å². The Morgan fingerprint density at radius 1 is 1.19 bits per heavy atom. The number of nitrogens with one attached hydrogen (secondary N) is 1. The van der Waals surface area contributed by atoms with Gasteiger partial charge < -0.3 is 10.2 Å². The molecule has 0 aliphatic heterocycles. The number of anilines is 2. The van der Waals surface area contributed by atoms with Crippen molar-refractivity contribution in [3.63, 3.8) is 0 Å². The van der Waals surface area contributed by atoms with E-state index in [1.54, 1.807) is 12.1 Å². The molecule has 0 atom stereocenters. The predicted molar refractivity (Wildman–Crippen MR) is 97.6 cm³/mol. The predicted octanol–water partition coefficient (Wildman–Crippen LogP) is 4.57. The van der Waals surface area contributed by atoms with Crippen LogP contribution in [0.25, 0.3) is 0 Å². The quantitative estimate of drug-likeness (QED) is 0.746. The van der Waals surface area contributed by atoms with Gasteiger partial charge in [-0.05, 0) is 65.4 Å². The number of nitrogens with zero attached hydrogens (tertiary/aromatic N) is 1. The molecule has 1 N–H and O–H groups in total. The van der Waals surface area contributed by atoms with Crippen LogP contribution < -0.4 is 10.2 Å². The van der Waals surface area contributed by atoms with Crippen LogP contribution in [-0.2, 0) is 0 Å². The summed E-state index contributed by atoms with van der Waals surface area (Å²) in [4.78, 5) is 14.3. The van der Waals surface area contributed by atoms with Gasteiger partial charge in [0.05, 0.1) is 5.02 Å². The van der Waals surface area contributed by atoms with E-state index in [1.807, 2.05) is 50.2 Å². The van der Waals surface area contributed by atoms with Gasteiger partial charge in [0.2, 0.25) is 0 Å². The van der Waals surface area contributed by atoms with Gasteiger partial charge in [0.15, 0.2) is 0 Å². The second-order valence-corrected chi connectivity index (χ2v) is 6.55. The molecule has 0 saturated heterocycles. The number of aryl methyl sites for hydroxylation is 1. The highest BCUT2D eigenvalue weighted by atomic mass is 127. The molecule has 21 heavy (non-hydrogen) atoms. The van der Waals surface area contributed by atoms with Crippen LogP contribution in [0.4, 0.5) is 11.4 Å². The first-order valence-electron chi connectivity index (χ1n) is 6.43. The lowest BCUT2D eigenvalue weighted by atomic mass is 10.1. The number of carbonyl (C=O) groups is 1. The molecule has 2 rings (SSSR count). The van der Waals surface area contributed by atoms with Gasteiger partial charge >= 0.3 is 0 Å². The summed E-state index contributed by atoms with van der Waals surface area (Å²) in [5, 5.41) is 3.49. The second-order valence-electron chi connectivity index (χ2n) is 4.98. The van der Waals surface area contributed by atoms with Crippen molar-refractivity contribution in [2.45, 2.75) is 6.92 Å². The van der Waals surface area contributed by atoms with Crippen LogP contribution in [0, 0.1) is 10.5 Å². The van der Waals surface area contributed by atoms with Crippen molar-refractivity contribution in [1.82, 2.24) is 0 Å². The van der Waals surface area contributed by atoms with E-state index in [0.29, 0.717) is 10.6 Å². The molecule has 1 amide bonds.